The van der Waals surface area contributed by atoms with Gasteiger partial charge in [0.05, 0.1) is 5.56 Å². The van der Waals surface area contributed by atoms with Crippen LogP contribution in [0.1, 0.15) is 23.2 Å². The number of aromatic nitrogens is 1. The molecule has 0 saturated carbocycles. The summed E-state index contributed by atoms with van der Waals surface area (Å²) in [7, 11) is -4.57. The van der Waals surface area contributed by atoms with Crippen LogP contribution < -0.4 is 10.9 Å². The van der Waals surface area contributed by atoms with Gasteiger partial charge in [0, 0.05) is 6.54 Å². The van der Waals surface area contributed by atoms with Gasteiger partial charge in [-0.05, 0) is 11.6 Å². The number of rotatable bonds is 3. The molecule has 1 aromatic heterocycles. The maximum absolute atomic E-state index is 12.7. The van der Waals surface area contributed by atoms with E-state index in [2.05, 4.69) is 10.1 Å². The van der Waals surface area contributed by atoms with Crippen LogP contribution in [0, 0.1) is 0 Å². The first kappa shape index (κ1) is 15.7. The van der Waals surface area contributed by atoms with Crippen LogP contribution in [0.4, 0.5) is 22.0 Å². The molecule has 0 bridgehead atoms. The van der Waals surface area contributed by atoms with Gasteiger partial charge in [-0.1, -0.05) is 0 Å². The zero-order chi connectivity index (χ0) is 15.0. The Balaban J connectivity index is 3.75. The van der Waals surface area contributed by atoms with Gasteiger partial charge in [0.2, 0.25) is 0 Å². The van der Waals surface area contributed by atoms with Crippen molar-refractivity contribution in [2.45, 2.75) is 24.2 Å². The molecule has 0 aliphatic carbocycles. The van der Waals surface area contributed by atoms with E-state index in [-0.39, 0.29) is 0 Å². The highest BCUT2D eigenvalue weighted by Crippen LogP contribution is 2.37. The number of nitrogens with two attached hydrogens (primary N) is 2. The Hall–Kier alpha value is -1.33. The van der Waals surface area contributed by atoms with E-state index in [1.807, 2.05) is 0 Å². The van der Waals surface area contributed by atoms with Gasteiger partial charge in [-0.25, -0.2) is 27.3 Å². The SMILES string of the molecule is NCc1cc(S(N)(=O)=O)nc(C(F)(F)F)c1C(F)F. The van der Waals surface area contributed by atoms with Crippen LogP contribution in [-0.4, -0.2) is 13.4 Å². The summed E-state index contributed by atoms with van der Waals surface area (Å²) in [6.07, 6.45) is -8.76. The molecule has 0 spiro atoms. The number of pyridine rings is 1. The quantitative estimate of drug-likeness (QED) is 0.818. The molecule has 0 unspecified atom stereocenters. The zero-order valence-electron chi connectivity index (χ0n) is 9.08. The van der Waals surface area contributed by atoms with Crippen LogP contribution >= 0.6 is 0 Å². The number of sulfonamides is 1. The van der Waals surface area contributed by atoms with E-state index in [0.717, 1.165) is 0 Å². The Morgan fingerprint density at radius 1 is 1.32 bits per heavy atom. The monoisotopic (exact) mass is 305 g/mol. The summed E-state index contributed by atoms with van der Waals surface area (Å²) >= 11 is 0. The molecule has 5 nitrogen and oxygen atoms in total. The minimum Gasteiger partial charge on any atom is -0.326 e. The van der Waals surface area contributed by atoms with E-state index >= 15 is 0 Å². The van der Waals surface area contributed by atoms with Gasteiger partial charge in [0.15, 0.2) is 10.7 Å². The van der Waals surface area contributed by atoms with Crippen molar-refractivity contribution in [3.8, 4) is 0 Å². The molecule has 0 radical (unpaired) electrons. The molecule has 0 amide bonds. The third-order valence-electron chi connectivity index (χ3n) is 2.12. The van der Waals surface area contributed by atoms with Crippen molar-refractivity contribution in [3.05, 3.63) is 22.9 Å². The molecule has 4 N–H and O–H groups in total. The number of nitrogens with zero attached hydrogens (tertiary/aromatic N) is 1. The lowest BCUT2D eigenvalue weighted by Crippen LogP contribution is -2.21. The van der Waals surface area contributed by atoms with E-state index < -0.39 is 51.0 Å². The second kappa shape index (κ2) is 4.98. The van der Waals surface area contributed by atoms with Crippen LogP contribution in [0.15, 0.2) is 11.1 Å². The lowest BCUT2D eigenvalue weighted by atomic mass is 10.1. The predicted octanol–water partition coefficient (Wildman–Crippen LogP) is 1.14. The first-order valence-corrected chi connectivity index (χ1v) is 6.15. The molecule has 1 aromatic rings. The highest BCUT2D eigenvalue weighted by molar-refractivity contribution is 7.89. The van der Waals surface area contributed by atoms with Crippen molar-refractivity contribution in [2.24, 2.45) is 10.9 Å². The highest BCUT2D eigenvalue weighted by Gasteiger charge is 2.40. The molecule has 108 valence electrons. The van der Waals surface area contributed by atoms with Crippen LogP contribution in [0.5, 0.6) is 0 Å². The molecule has 0 aromatic carbocycles. The van der Waals surface area contributed by atoms with Crippen LogP contribution in [0.2, 0.25) is 0 Å². The third-order valence-corrected chi connectivity index (χ3v) is 2.91. The summed E-state index contributed by atoms with van der Waals surface area (Å²) in [6.45, 7) is -0.714. The van der Waals surface area contributed by atoms with Crippen LogP contribution in [0.25, 0.3) is 0 Å². The molecule has 0 fully saturated rings. The second-order valence-electron chi connectivity index (χ2n) is 3.43. The molecule has 0 aliphatic rings. The first-order valence-electron chi connectivity index (χ1n) is 4.60. The molecule has 0 aliphatic heterocycles. The Labute approximate surface area is 104 Å². The van der Waals surface area contributed by atoms with E-state index in [0.29, 0.717) is 6.07 Å². The molecule has 11 heteroatoms. The van der Waals surface area contributed by atoms with Gasteiger partial charge < -0.3 is 5.73 Å². The average molecular weight is 305 g/mol. The van der Waals surface area contributed by atoms with Crippen molar-refractivity contribution in [2.75, 3.05) is 0 Å². The molecule has 1 rings (SSSR count). The van der Waals surface area contributed by atoms with Crippen molar-refractivity contribution in [3.63, 3.8) is 0 Å². The third kappa shape index (κ3) is 3.36. The summed E-state index contributed by atoms with van der Waals surface area (Å²) in [5.74, 6) is 0. The Morgan fingerprint density at radius 2 is 1.84 bits per heavy atom. The van der Waals surface area contributed by atoms with Crippen molar-refractivity contribution >= 4 is 10.0 Å². The number of halogens is 5. The minimum atomic E-state index is -5.25. The first-order chi connectivity index (χ1) is 8.48. The molecular formula is C8H8F5N3O2S. The average Bonchev–Trinajstić information content (AvgIpc) is 2.24. The van der Waals surface area contributed by atoms with E-state index in [1.165, 1.54) is 0 Å². The maximum atomic E-state index is 12.7. The van der Waals surface area contributed by atoms with Crippen LogP contribution in [0.3, 0.4) is 0 Å². The van der Waals surface area contributed by atoms with Crippen LogP contribution in [-0.2, 0) is 22.7 Å². The summed E-state index contributed by atoms with van der Waals surface area (Å²) in [4.78, 5) is 2.67. The van der Waals surface area contributed by atoms with Gasteiger partial charge in [-0.3, -0.25) is 0 Å². The van der Waals surface area contributed by atoms with Gasteiger partial charge in [0.1, 0.15) is 0 Å². The van der Waals surface area contributed by atoms with Crippen molar-refractivity contribution < 1.29 is 30.4 Å². The molecule has 0 saturated heterocycles. The fourth-order valence-electron chi connectivity index (χ4n) is 1.36. The largest absolute Gasteiger partial charge is 0.433 e. The Kier molecular flexibility index (Phi) is 4.12. The molecule has 1 heterocycles. The molecule has 0 atom stereocenters. The smallest absolute Gasteiger partial charge is 0.326 e. The van der Waals surface area contributed by atoms with Gasteiger partial charge >= 0.3 is 6.18 Å². The summed E-state index contributed by atoms with van der Waals surface area (Å²) < 4.78 is 85.1. The van der Waals surface area contributed by atoms with Crippen molar-refractivity contribution in [1.29, 1.82) is 0 Å². The number of hydrogen-bond donors (Lipinski definition) is 2. The lowest BCUT2D eigenvalue weighted by Gasteiger charge is -2.16. The topological polar surface area (TPSA) is 99.1 Å². The second-order valence-corrected chi connectivity index (χ2v) is 4.94. The fourth-order valence-corrected chi connectivity index (χ4v) is 1.88. The lowest BCUT2D eigenvalue weighted by molar-refractivity contribution is -0.143. The number of alkyl halides is 5. The summed E-state index contributed by atoms with van der Waals surface area (Å²) in [5.41, 5.74) is 0.922. The van der Waals surface area contributed by atoms with Gasteiger partial charge in [-0.15, -0.1) is 0 Å². The fraction of sp³-hybridized carbons (Fsp3) is 0.375. The van der Waals surface area contributed by atoms with Gasteiger partial charge in [-0.2, -0.15) is 13.2 Å². The summed E-state index contributed by atoms with van der Waals surface area (Å²) in [5, 5.41) is 3.47. The Morgan fingerprint density at radius 3 is 2.16 bits per heavy atom. The van der Waals surface area contributed by atoms with E-state index in [1.54, 1.807) is 0 Å². The van der Waals surface area contributed by atoms with E-state index in [4.69, 9.17) is 5.73 Å². The molecule has 19 heavy (non-hydrogen) atoms. The highest BCUT2D eigenvalue weighted by atomic mass is 32.2. The van der Waals surface area contributed by atoms with Gasteiger partial charge in [0.25, 0.3) is 16.4 Å². The minimum absolute atomic E-state index is 0.506. The maximum Gasteiger partial charge on any atom is 0.433 e. The summed E-state index contributed by atoms with van der Waals surface area (Å²) in [6, 6.07) is 0.506. The Bertz CT molecular complexity index is 585. The number of hydrogen-bond acceptors (Lipinski definition) is 4. The predicted molar refractivity (Wildman–Crippen MR) is 53.5 cm³/mol. The molecular weight excluding hydrogens is 297 g/mol. The standard InChI is InChI=1S/C8H8F5N3O2S/c9-7(10)5-3(2-14)1-4(19(15,17)18)16-6(5)8(11,12)13/h1,7H,2,14H2,(H2,15,17,18). The van der Waals surface area contributed by atoms with Crippen molar-refractivity contribution in [1.82, 2.24) is 4.98 Å². The van der Waals surface area contributed by atoms with E-state index in [9.17, 15) is 30.4 Å². The zero-order valence-corrected chi connectivity index (χ0v) is 9.89. The normalized spacial score (nSPS) is 13.1. The number of primary sulfonamides is 1.